The molecule has 0 aliphatic heterocycles. The molecule has 1 aliphatic rings. The van der Waals surface area contributed by atoms with Gasteiger partial charge in [0.2, 0.25) is 5.95 Å². The summed E-state index contributed by atoms with van der Waals surface area (Å²) in [6.45, 7) is 2.82. The van der Waals surface area contributed by atoms with Gasteiger partial charge in [0.15, 0.2) is 17.0 Å². The first-order valence-electron chi connectivity index (χ1n) is 9.70. The maximum atomic E-state index is 9.15. The van der Waals surface area contributed by atoms with Crippen LogP contribution in [0, 0.1) is 11.3 Å². The average Bonchev–Trinajstić information content (AvgIpc) is 3.13. The molecule has 4 N–H and O–H groups in total. The van der Waals surface area contributed by atoms with Crippen LogP contribution in [0.4, 0.5) is 17.5 Å². The summed E-state index contributed by atoms with van der Waals surface area (Å²) in [5.74, 6) is 1.16. The number of aryl methyl sites for hydroxylation is 1. The first-order valence-corrected chi connectivity index (χ1v) is 9.70. The molecule has 0 radical (unpaired) electrons. The topological polar surface area (TPSA) is 117 Å². The van der Waals surface area contributed by atoms with E-state index in [-0.39, 0.29) is 12.1 Å². The molecule has 2 aromatic heterocycles. The maximum absolute atomic E-state index is 9.15. The fraction of sp³-hybridized carbons (Fsp3) is 0.400. The first-order chi connectivity index (χ1) is 13.7. The molecule has 4 rings (SSSR count). The van der Waals surface area contributed by atoms with Gasteiger partial charge in [-0.3, -0.25) is 0 Å². The molecule has 0 spiro atoms. The normalized spacial score (nSPS) is 19.3. The number of fused-ring (bicyclic) bond motifs is 1. The van der Waals surface area contributed by atoms with Gasteiger partial charge >= 0.3 is 0 Å². The van der Waals surface area contributed by atoms with Crippen LogP contribution in [-0.2, 0) is 6.54 Å². The molecule has 1 saturated carbocycles. The number of hydrogen-bond donors (Lipinski definition) is 3. The quantitative estimate of drug-likeness (QED) is 0.626. The molecule has 3 aromatic rings. The molecular formula is C20H24N8. The van der Waals surface area contributed by atoms with Crippen LogP contribution in [0.5, 0.6) is 0 Å². The molecule has 0 bridgehead atoms. The Hall–Kier alpha value is -3.18. The van der Waals surface area contributed by atoms with Crippen LogP contribution >= 0.6 is 0 Å². The van der Waals surface area contributed by atoms with Crippen molar-refractivity contribution < 1.29 is 0 Å². The standard InChI is InChI=1S/C20H24N8/c1-2-28-12-23-17-18(24-14-7-5-6-13(10-14)11-21)26-20(27-19(17)28)25-16-9-4-3-8-15(16)22/h5-7,10,12,15-16H,2-4,8-9,22H2,1H3,(H2,24,25,26,27)/t15-,16+/m0/s1. The smallest absolute Gasteiger partial charge is 0.227 e. The molecule has 1 fully saturated rings. The highest BCUT2D eigenvalue weighted by atomic mass is 15.2. The summed E-state index contributed by atoms with van der Waals surface area (Å²) < 4.78 is 1.99. The van der Waals surface area contributed by atoms with E-state index >= 15 is 0 Å². The van der Waals surface area contributed by atoms with E-state index in [1.165, 1.54) is 6.42 Å². The molecule has 2 atom stereocenters. The molecule has 1 aliphatic carbocycles. The van der Waals surface area contributed by atoms with Crippen molar-refractivity contribution in [1.29, 1.82) is 5.26 Å². The number of nitrogens with two attached hydrogens (primary N) is 1. The summed E-state index contributed by atoms with van der Waals surface area (Å²) in [5, 5.41) is 15.9. The Bertz CT molecular complexity index is 1020. The Labute approximate surface area is 163 Å². The van der Waals surface area contributed by atoms with Gasteiger partial charge < -0.3 is 20.9 Å². The third kappa shape index (κ3) is 3.62. The van der Waals surface area contributed by atoms with Crippen LogP contribution in [-0.4, -0.2) is 31.6 Å². The molecule has 144 valence electrons. The second kappa shape index (κ2) is 7.82. The van der Waals surface area contributed by atoms with E-state index in [1.54, 1.807) is 18.5 Å². The van der Waals surface area contributed by atoms with Gasteiger partial charge in [-0.25, -0.2) is 4.98 Å². The van der Waals surface area contributed by atoms with Crippen LogP contribution in [0.1, 0.15) is 38.2 Å². The zero-order valence-electron chi connectivity index (χ0n) is 15.9. The highest BCUT2D eigenvalue weighted by molar-refractivity contribution is 5.86. The van der Waals surface area contributed by atoms with Gasteiger partial charge in [-0.2, -0.15) is 15.2 Å². The van der Waals surface area contributed by atoms with Crippen LogP contribution in [0.15, 0.2) is 30.6 Å². The molecule has 0 saturated heterocycles. The van der Waals surface area contributed by atoms with E-state index in [0.29, 0.717) is 22.8 Å². The lowest BCUT2D eigenvalue weighted by Crippen LogP contribution is -2.43. The van der Waals surface area contributed by atoms with E-state index < -0.39 is 0 Å². The molecule has 8 heteroatoms. The van der Waals surface area contributed by atoms with Crippen molar-refractivity contribution in [2.45, 2.75) is 51.2 Å². The van der Waals surface area contributed by atoms with Crippen molar-refractivity contribution in [1.82, 2.24) is 19.5 Å². The highest BCUT2D eigenvalue weighted by Crippen LogP contribution is 2.26. The van der Waals surface area contributed by atoms with Gasteiger partial charge in [0.05, 0.1) is 18.0 Å². The van der Waals surface area contributed by atoms with Gasteiger partial charge in [-0.15, -0.1) is 0 Å². The van der Waals surface area contributed by atoms with E-state index in [9.17, 15) is 0 Å². The Balaban J connectivity index is 1.71. The van der Waals surface area contributed by atoms with Crippen LogP contribution < -0.4 is 16.4 Å². The number of nitriles is 1. The number of anilines is 3. The zero-order valence-corrected chi connectivity index (χ0v) is 15.9. The van der Waals surface area contributed by atoms with Gasteiger partial charge in [0.25, 0.3) is 0 Å². The summed E-state index contributed by atoms with van der Waals surface area (Å²) in [7, 11) is 0. The molecule has 2 heterocycles. The van der Waals surface area contributed by atoms with Gasteiger partial charge in [0, 0.05) is 24.3 Å². The number of nitrogens with zero attached hydrogens (tertiary/aromatic N) is 5. The summed E-state index contributed by atoms with van der Waals surface area (Å²) in [6, 6.07) is 9.72. The summed E-state index contributed by atoms with van der Waals surface area (Å²) >= 11 is 0. The number of hydrogen-bond acceptors (Lipinski definition) is 7. The molecule has 8 nitrogen and oxygen atoms in total. The number of nitrogens with one attached hydrogen (secondary N) is 2. The van der Waals surface area contributed by atoms with E-state index in [2.05, 4.69) is 33.6 Å². The van der Waals surface area contributed by atoms with Crippen molar-refractivity contribution >= 4 is 28.6 Å². The maximum Gasteiger partial charge on any atom is 0.227 e. The van der Waals surface area contributed by atoms with Crippen LogP contribution in [0.2, 0.25) is 0 Å². The highest BCUT2D eigenvalue weighted by Gasteiger charge is 2.23. The number of rotatable bonds is 5. The van der Waals surface area contributed by atoms with Crippen molar-refractivity contribution in [2.75, 3.05) is 10.6 Å². The third-order valence-corrected chi connectivity index (χ3v) is 5.19. The monoisotopic (exact) mass is 376 g/mol. The third-order valence-electron chi connectivity index (χ3n) is 5.19. The van der Waals surface area contributed by atoms with E-state index in [4.69, 9.17) is 16.0 Å². The zero-order chi connectivity index (χ0) is 19.5. The lowest BCUT2D eigenvalue weighted by Gasteiger charge is -2.29. The Morgan fingerprint density at radius 3 is 2.93 bits per heavy atom. The average molecular weight is 376 g/mol. The fourth-order valence-electron chi connectivity index (χ4n) is 3.64. The molecule has 0 unspecified atom stereocenters. The molecule has 1 aromatic carbocycles. The summed E-state index contributed by atoms with van der Waals surface area (Å²) in [5.41, 5.74) is 9.12. The minimum atomic E-state index is 0.104. The second-order valence-electron chi connectivity index (χ2n) is 7.12. The first kappa shape index (κ1) is 18.2. The predicted octanol–water partition coefficient (Wildman–Crippen LogP) is 3.14. The number of benzene rings is 1. The minimum Gasteiger partial charge on any atom is -0.350 e. The fourth-order valence-corrected chi connectivity index (χ4v) is 3.64. The number of imidazole rings is 1. The Morgan fingerprint density at radius 2 is 2.14 bits per heavy atom. The van der Waals surface area contributed by atoms with Crippen molar-refractivity contribution in [3.8, 4) is 6.07 Å². The lowest BCUT2D eigenvalue weighted by molar-refractivity contribution is 0.402. The molecular weight excluding hydrogens is 352 g/mol. The second-order valence-corrected chi connectivity index (χ2v) is 7.12. The van der Waals surface area contributed by atoms with Crippen LogP contribution in [0.25, 0.3) is 11.2 Å². The van der Waals surface area contributed by atoms with Crippen molar-refractivity contribution in [3.63, 3.8) is 0 Å². The van der Waals surface area contributed by atoms with Crippen LogP contribution in [0.3, 0.4) is 0 Å². The van der Waals surface area contributed by atoms with Gasteiger partial charge in [-0.1, -0.05) is 18.9 Å². The van der Waals surface area contributed by atoms with Gasteiger partial charge in [0.1, 0.15) is 0 Å². The molecule has 0 amide bonds. The Morgan fingerprint density at radius 1 is 1.29 bits per heavy atom. The minimum absolute atomic E-state index is 0.104. The summed E-state index contributed by atoms with van der Waals surface area (Å²) in [4.78, 5) is 13.9. The van der Waals surface area contributed by atoms with Crippen molar-refractivity contribution in [3.05, 3.63) is 36.2 Å². The van der Waals surface area contributed by atoms with E-state index in [0.717, 1.165) is 37.1 Å². The van der Waals surface area contributed by atoms with E-state index in [1.807, 2.05) is 16.7 Å². The lowest BCUT2D eigenvalue weighted by atomic mass is 9.91. The van der Waals surface area contributed by atoms with Crippen molar-refractivity contribution in [2.24, 2.45) is 5.73 Å². The predicted molar refractivity (Wildman–Crippen MR) is 109 cm³/mol. The summed E-state index contributed by atoms with van der Waals surface area (Å²) in [6.07, 6.45) is 6.13. The largest absolute Gasteiger partial charge is 0.350 e. The molecule has 28 heavy (non-hydrogen) atoms. The Kier molecular flexibility index (Phi) is 5.08. The van der Waals surface area contributed by atoms with Gasteiger partial charge in [-0.05, 0) is 38.0 Å². The SMILES string of the molecule is CCn1cnc2c(Nc3cccc(C#N)c3)nc(N[C@@H]3CCCC[C@@H]3N)nc21. The number of aromatic nitrogens is 4.